The molecule has 3 aromatic heterocycles. The molecular formula is C10H11N7. The summed E-state index contributed by atoms with van der Waals surface area (Å²) in [6.07, 6.45) is 1.56. The number of hydrogen-bond donors (Lipinski definition) is 2. The van der Waals surface area contributed by atoms with Crippen LogP contribution >= 0.6 is 0 Å². The summed E-state index contributed by atoms with van der Waals surface area (Å²) >= 11 is 0. The van der Waals surface area contributed by atoms with E-state index in [0.29, 0.717) is 11.5 Å². The molecule has 0 bridgehead atoms. The van der Waals surface area contributed by atoms with Crippen molar-refractivity contribution in [2.24, 2.45) is 0 Å². The summed E-state index contributed by atoms with van der Waals surface area (Å²) in [6, 6.07) is 1.97. The molecule has 3 aromatic rings. The molecule has 0 aromatic carbocycles. The number of anilines is 1. The van der Waals surface area contributed by atoms with E-state index in [1.807, 2.05) is 19.9 Å². The molecular weight excluding hydrogens is 218 g/mol. The van der Waals surface area contributed by atoms with Gasteiger partial charge in [0.25, 0.3) is 0 Å². The van der Waals surface area contributed by atoms with E-state index >= 15 is 0 Å². The fourth-order valence-corrected chi connectivity index (χ4v) is 1.83. The largest absolute Gasteiger partial charge is 0.368 e. The first-order valence-electron chi connectivity index (χ1n) is 5.15. The van der Waals surface area contributed by atoms with Crippen LogP contribution in [0.5, 0.6) is 0 Å². The van der Waals surface area contributed by atoms with Gasteiger partial charge in [0.2, 0.25) is 5.95 Å². The molecule has 0 aliphatic heterocycles. The predicted octanol–water partition coefficient (Wildman–Crippen LogP) is 0.738. The second-order valence-corrected chi connectivity index (χ2v) is 3.85. The summed E-state index contributed by atoms with van der Waals surface area (Å²) in [5.74, 6) is 0.808. The second kappa shape index (κ2) is 3.27. The van der Waals surface area contributed by atoms with Gasteiger partial charge in [-0.1, -0.05) is 0 Å². The molecule has 17 heavy (non-hydrogen) atoms. The first kappa shape index (κ1) is 9.76. The molecule has 0 fully saturated rings. The summed E-state index contributed by atoms with van der Waals surface area (Å²) in [4.78, 5) is 15.3. The SMILES string of the molecule is Cc1cc(C)n(-c2nc(N)nc3nc[nH]c23)n1. The number of aromatic nitrogens is 6. The van der Waals surface area contributed by atoms with E-state index in [1.54, 1.807) is 11.0 Å². The summed E-state index contributed by atoms with van der Waals surface area (Å²) in [6.45, 7) is 3.89. The van der Waals surface area contributed by atoms with Crippen LogP contribution in [0.3, 0.4) is 0 Å². The molecule has 86 valence electrons. The Bertz CT molecular complexity index is 694. The van der Waals surface area contributed by atoms with E-state index in [-0.39, 0.29) is 5.95 Å². The minimum Gasteiger partial charge on any atom is -0.368 e. The number of aryl methyl sites for hydroxylation is 2. The number of rotatable bonds is 1. The van der Waals surface area contributed by atoms with Gasteiger partial charge in [-0.25, -0.2) is 9.67 Å². The van der Waals surface area contributed by atoms with Crippen LogP contribution in [0.4, 0.5) is 5.95 Å². The van der Waals surface area contributed by atoms with Crippen molar-refractivity contribution in [1.29, 1.82) is 0 Å². The first-order chi connectivity index (χ1) is 8.15. The molecule has 3 heterocycles. The van der Waals surface area contributed by atoms with E-state index < -0.39 is 0 Å². The van der Waals surface area contributed by atoms with Crippen molar-refractivity contribution in [3.63, 3.8) is 0 Å². The number of nitrogen functional groups attached to an aromatic ring is 1. The van der Waals surface area contributed by atoms with Gasteiger partial charge in [-0.15, -0.1) is 0 Å². The van der Waals surface area contributed by atoms with E-state index in [0.717, 1.165) is 16.9 Å². The van der Waals surface area contributed by atoms with Crippen molar-refractivity contribution in [3.05, 3.63) is 23.8 Å². The quantitative estimate of drug-likeness (QED) is 0.641. The second-order valence-electron chi connectivity index (χ2n) is 3.85. The first-order valence-corrected chi connectivity index (χ1v) is 5.15. The van der Waals surface area contributed by atoms with Crippen LogP contribution in [0.25, 0.3) is 17.0 Å². The Labute approximate surface area is 96.7 Å². The van der Waals surface area contributed by atoms with Gasteiger partial charge >= 0.3 is 0 Å². The smallest absolute Gasteiger partial charge is 0.224 e. The van der Waals surface area contributed by atoms with Crippen molar-refractivity contribution in [2.75, 3.05) is 5.73 Å². The molecule has 3 rings (SSSR count). The molecule has 0 saturated heterocycles. The maximum atomic E-state index is 5.66. The minimum absolute atomic E-state index is 0.187. The third-order valence-electron chi connectivity index (χ3n) is 2.49. The van der Waals surface area contributed by atoms with Crippen LogP contribution in [0.2, 0.25) is 0 Å². The highest BCUT2D eigenvalue weighted by molar-refractivity contribution is 5.79. The molecule has 0 aliphatic carbocycles. The van der Waals surface area contributed by atoms with Crippen LogP contribution < -0.4 is 5.73 Å². The zero-order valence-corrected chi connectivity index (χ0v) is 9.47. The number of fused-ring (bicyclic) bond motifs is 1. The van der Waals surface area contributed by atoms with Gasteiger partial charge in [0, 0.05) is 5.69 Å². The standard InChI is InChI=1S/C10H11N7/c1-5-3-6(2)17(16-5)9-7-8(13-4-12-7)14-10(11)15-9/h3-4H,1-2H3,(H3,11,12,13,14,15). The highest BCUT2D eigenvalue weighted by atomic mass is 15.3. The summed E-state index contributed by atoms with van der Waals surface area (Å²) in [7, 11) is 0. The van der Waals surface area contributed by atoms with Crippen LogP contribution in [0.1, 0.15) is 11.4 Å². The van der Waals surface area contributed by atoms with Crippen LogP contribution in [0.15, 0.2) is 12.4 Å². The van der Waals surface area contributed by atoms with Gasteiger partial charge in [-0.05, 0) is 19.9 Å². The fourth-order valence-electron chi connectivity index (χ4n) is 1.83. The van der Waals surface area contributed by atoms with E-state index in [4.69, 9.17) is 5.73 Å². The fraction of sp³-hybridized carbons (Fsp3) is 0.200. The number of aromatic amines is 1. The molecule has 7 heteroatoms. The van der Waals surface area contributed by atoms with Gasteiger partial charge < -0.3 is 10.7 Å². The highest BCUT2D eigenvalue weighted by Crippen LogP contribution is 2.18. The maximum Gasteiger partial charge on any atom is 0.224 e. The molecule has 0 atom stereocenters. The molecule has 7 nitrogen and oxygen atoms in total. The Kier molecular flexibility index (Phi) is 1.88. The number of hydrogen-bond acceptors (Lipinski definition) is 5. The Balaban J connectivity index is 2.36. The van der Waals surface area contributed by atoms with Crippen molar-refractivity contribution in [3.8, 4) is 5.82 Å². The number of H-pyrrole nitrogens is 1. The Morgan fingerprint density at radius 1 is 1.29 bits per heavy atom. The summed E-state index contributed by atoms with van der Waals surface area (Å²) in [5, 5.41) is 4.37. The number of imidazole rings is 1. The third kappa shape index (κ3) is 1.43. The van der Waals surface area contributed by atoms with Crippen molar-refractivity contribution < 1.29 is 0 Å². The lowest BCUT2D eigenvalue weighted by Crippen LogP contribution is -2.06. The predicted molar refractivity (Wildman–Crippen MR) is 62.7 cm³/mol. The molecule has 0 amide bonds. The lowest BCUT2D eigenvalue weighted by Gasteiger charge is -2.04. The monoisotopic (exact) mass is 229 g/mol. The van der Waals surface area contributed by atoms with E-state index in [2.05, 4.69) is 25.0 Å². The van der Waals surface area contributed by atoms with Crippen molar-refractivity contribution >= 4 is 17.1 Å². The topological polar surface area (TPSA) is 98.3 Å². The average Bonchev–Trinajstić information content (AvgIpc) is 2.83. The van der Waals surface area contributed by atoms with E-state index in [1.165, 1.54) is 0 Å². The third-order valence-corrected chi connectivity index (χ3v) is 2.49. The van der Waals surface area contributed by atoms with Gasteiger partial charge in [-0.2, -0.15) is 15.1 Å². The number of nitrogens with zero attached hydrogens (tertiary/aromatic N) is 5. The van der Waals surface area contributed by atoms with Gasteiger partial charge in [0.15, 0.2) is 11.5 Å². The normalized spacial score (nSPS) is 11.2. The Hall–Kier alpha value is -2.44. The molecule has 0 spiro atoms. The van der Waals surface area contributed by atoms with Gasteiger partial charge in [0.05, 0.1) is 12.0 Å². The Morgan fingerprint density at radius 3 is 2.82 bits per heavy atom. The highest BCUT2D eigenvalue weighted by Gasteiger charge is 2.13. The molecule has 0 aliphatic rings. The molecule has 0 radical (unpaired) electrons. The number of nitrogens with one attached hydrogen (secondary N) is 1. The lowest BCUT2D eigenvalue weighted by molar-refractivity contribution is 0.810. The number of nitrogens with two attached hydrogens (primary N) is 1. The Morgan fingerprint density at radius 2 is 2.12 bits per heavy atom. The zero-order valence-electron chi connectivity index (χ0n) is 9.47. The summed E-state index contributed by atoms with van der Waals surface area (Å²) < 4.78 is 1.73. The average molecular weight is 229 g/mol. The van der Waals surface area contributed by atoms with Crippen LogP contribution in [-0.2, 0) is 0 Å². The van der Waals surface area contributed by atoms with Gasteiger partial charge in [-0.3, -0.25) is 0 Å². The van der Waals surface area contributed by atoms with Crippen LogP contribution in [-0.4, -0.2) is 29.7 Å². The maximum absolute atomic E-state index is 5.66. The van der Waals surface area contributed by atoms with Crippen molar-refractivity contribution in [1.82, 2.24) is 29.7 Å². The molecule has 0 unspecified atom stereocenters. The van der Waals surface area contributed by atoms with Crippen LogP contribution in [0, 0.1) is 13.8 Å². The molecule has 0 saturated carbocycles. The van der Waals surface area contributed by atoms with E-state index in [9.17, 15) is 0 Å². The van der Waals surface area contributed by atoms with Crippen molar-refractivity contribution in [2.45, 2.75) is 13.8 Å². The lowest BCUT2D eigenvalue weighted by atomic mass is 10.4. The zero-order chi connectivity index (χ0) is 12.0. The molecule has 3 N–H and O–H groups in total. The minimum atomic E-state index is 0.187. The summed E-state index contributed by atoms with van der Waals surface area (Å²) in [5.41, 5.74) is 8.84. The van der Waals surface area contributed by atoms with Gasteiger partial charge in [0.1, 0.15) is 5.52 Å².